The minimum Gasteiger partial charge on any atom is -0.479 e. The Balaban J connectivity index is 2.37. The quantitative estimate of drug-likeness (QED) is 0.385. The molecule has 0 saturated carbocycles. The van der Waals surface area contributed by atoms with Gasteiger partial charge in [0.15, 0.2) is 5.85 Å². The van der Waals surface area contributed by atoms with E-state index >= 15 is 0 Å². The number of rotatable bonds is 1. The van der Waals surface area contributed by atoms with Crippen LogP contribution in [0, 0.1) is 0 Å². The van der Waals surface area contributed by atoms with E-state index in [9.17, 15) is 9.36 Å². The Labute approximate surface area is 49.7 Å². The summed E-state index contributed by atoms with van der Waals surface area (Å²) < 4.78 is 14.9. The average molecular weight is 150 g/mol. The summed E-state index contributed by atoms with van der Waals surface area (Å²) in [5.74, 6) is -2.55. The lowest BCUT2D eigenvalue weighted by atomic mass is 10.4. The van der Waals surface area contributed by atoms with Gasteiger partial charge in [-0.3, -0.25) is 9.09 Å². The molecule has 0 radical (unpaired) electrons. The van der Waals surface area contributed by atoms with E-state index in [0.29, 0.717) is 0 Å². The van der Waals surface area contributed by atoms with Crippen molar-refractivity contribution in [1.29, 1.82) is 0 Å². The largest absolute Gasteiger partial charge is 0.479 e. The number of aliphatic hydroxyl groups is 1. The van der Waals surface area contributed by atoms with Crippen molar-refractivity contribution in [2.75, 3.05) is 0 Å². The smallest absolute Gasteiger partial charge is 0.350 e. The van der Waals surface area contributed by atoms with Crippen LogP contribution in [0.5, 0.6) is 0 Å². The van der Waals surface area contributed by atoms with Gasteiger partial charge in [0.2, 0.25) is 0 Å². The molecule has 0 aliphatic carbocycles. The van der Waals surface area contributed by atoms with Crippen LogP contribution in [0.2, 0.25) is 0 Å². The lowest BCUT2D eigenvalue weighted by Gasteiger charge is -1.93. The van der Waals surface area contributed by atoms with Gasteiger partial charge in [-0.1, -0.05) is 0 Å². The summed E-state index contributed by atoms with van der Waals surface area (Å²) in [6.07, 6.45) is 0. The molecule has 0 aromatic carbocycles. The summed E-state index contributed by atoms with van der Waals surface area (Å²) in [5.41, 5.74) is 0. The van der Waals surface area contributed by atoms with Gasteiger partial charge in [0.25, 0.3) is 12.7 Å². The SMILES string of the molecule is O=C(O)C12OP1(=O)C2O. The maximum Gasteiger partial charge on any atom is 0.350 e. The van der Waals surface area contributed by atoms with E-state index in [1.165, 1.54) is 0 Å². The van der Waals surface area contributed by atoms with E-state index in [-0.39, 0.29) is 0 Å². The first kappa shape index (κ1) is 5.41. The molecule has 2 N–H and O–H groups in total. The van der Waals surface area contributed by atoms with E-state index in [4.69, 9.17) is 10.2 Å². The average Bonchev–Trinajstić information content (AvgIpc) is 2.51. The molecular formula is C3H3O5P. The molecule has 2 fully saturated rings. The molecule has 6 heteroatoms. The highest BCUT2D eigenvalue weighted by atomic mass is 31.2. The Hall–Kier alpha value is -0.380. The number of fused-ring (bicyclic) bond motifs is 1. The zero-order chi connectivity index (χ0) is 6.86. The van der Waals surface area contributed by atoms with Crippen molar-refractivity contribution >= 4 is 13.3 Å². The van der Waals surface area contributed by atoms with Gasteiger partial charge < -0.3 is 10.2 Å². The fraction of sp³-hybridized carbons (Fsp3) is 0.667. The van der Waals surface area contributed by atoms with Crippen LogP contribution in [0.3, 0.4) is 0 Å². The number of hydrogen-bond acceptors (Lipinski definition) is 4. The minimum atomic E-state index is -3.04. The zero-order valence-electron chi connectivity index (χ0n) is 4.14. The molecule has 50 valence electrons. The van der Waals surface area contributed by atoms with Crippen molar-refractivity contribution in [2.45, 2.75) is 11.2 Å². The van der Waals surface area contributed by atoms with Crippen molar-refractivity contribution in [3.63, 3.8) is 0 Å². The molecule has 0 aromatic heterocycles. The molecule has 0 amide bonds. The third-order valence-corrected chi connectivity index (χ3v) is 4.19. The van der Waals surface area contributed by atoms with Gasteiger partial charge in [0.05, 0.1) is 0 Å². The Kier molecular flexibility index (Phi) is 0.579. The summed E-state index contributed by atoms with van der Waals surface area (Å²) in [4.78, 5) is 10.1. The lowest BCUT2D eigenvalue weighted by molar-refractivity contribution is -0.144. The summed E-state index contributed by atoms with van der Waals surface area (Å²) >= 11 is 0. The highest BCUT2D eigenvalue weighted by Crippen LogP contribution is 2.99. The van der Waals surface area contributed by atoms with Crippen LogP contribution in [0.1, 0.15) is 0 Å². The molecule has 2 aliphatic rings. The van der Waals surface area contributed by atoms with Crippen LogP contribution < -0.4 is 0 Å². The van der Waals surface area contributed by atoms with Crippen molar-refractivity contribution < 1.29 is 24.1 Å². The molecule has 0 bridgehead atoms. The Bertz CT molecular complexity index is 247. The summed E-state index contributed by atoms with van der Waals surface area (Å²) in [5, 5.41) is 15.2. The monoisotopic (exact) mass is 150 g/mol. The number of carboxylic acid groups (broad SMARTS) is 1. The Morgan fingerprint density at radius 2 is 2.22 bits per heavy atom. The number of carboxylic acids is 1. The molecule has 2 aliphatic heterocycles. The molecular weight excluding hydrogens is 147 g/mol. The maximum atomic E-state index is 10.6. The topological polar surface area (TPSA) is 87.1 Å². The summed E-state index contributed by atoms with van der Waals surface area (Å²) in [7, 11) is -3.04. The third kappa shape index (κ3) is 0.294. The predicted molar refractivity (Wildman–Crippen MR) is 25.1 cm³/mol. The van der Waals surface area contributed by atoms with Gasteiger partial charge in [-0.2, -0.15) is 0 Å². The second-order valence-electron chi connectivity index (χ2n) is 2.06. The van der Waals surface area contributed by atoms with E-state index in [0.717, 1.165) is 0 Å². The number of aliphatic carboxylic acids is 1. The first-order valence-corrected chi connectivity index (χ1v) is 3.97. The fourth-order valence-corrected chi connectivity index (χ4v) is 2.97. The molecule has 2 saturated heterocycles. The first-order valence-electron chi connectivity index (χ1n) is 2.28. The second-order valence-corrected chi connectivity index (χ2v) is 4.59. The first-order chi connectivity index (χ1) is 4.06. The number of aliphatic hydroxyl groups excluding tert-OH is 1. The summed E-state index contributed by atoms with van der Waals surface area (Å²) in [6, 6.07) is 0. The molecule has 3 unspecified atom stereocenters. The van der Waals surface area contributed by atoms with Crippen LogP contribution in [-0.4, -0.2) is 27.4 Å². The normalized spacial score (nSPS) is 60.3. The van der Waals surface area contributed by atoms with Crippen LogP contribution in [0.15, 0.2) is 0 Å². The maximum absolute atomic E-state index is 10.6. The fourth-order valence-electron chi connectivity index (χ4n) is 0.851. The highest BCUT2D eigenvalue weighted by Gasteiger charge is 3.00. The molecule has 2 rings (SSSR count). The van der Waals surface area contributed by atoms with E-state index in [2.05, 4.69) is 4.52 Å². The van der Waals surface area contributed by atoms with Gasteiger partial charge in [-0.25, -0.2) is 4.79 Å². The molecule has 9 heavy (non-hydrogen) atoms. The van der Waals surface area contributed by atoms with Gasteiger partial charge >= 0.3 is 5.97 Å². The number of hydrogen-bond donors (Lipinski definition) is 2. The molecule has 3 atom stereocenters. The third-order valence-electron chi connectivity index (χ3n) is 1.62. The van der Waals surface area contributed by atoms with E-state index in [1.54, 1.807) is 0 Å². The van der Waals surface area contributed by atoms with E-state index < -0.39 is 24.5 Å². The standard InChI is InChI=1S/C3H3O5P/c4-1(5)3-2(6)9(3,7)8-3/h2,6H,(H,4,5). The molecule has 2 heterocycles. The lowest BCUT2D eigenvalue weighted by Crippen LogP contribution is -2.21. The molecule has 5 nitrogen and oxygen atoms in total. The molecule has 0 aromatic rings. The predicted octanol–water partition coefficient (Wildman–Crippen LogP) is -0.592. The van der Waals surface area contributed by atoms with Gasteiger partial charge in [-0.15, -0.1) is 0 Å². The van der Waals surface area contributed by atoms with Crippen molar-refractivity contribution in [1.82, 2.24) is 0 Å². The summed E-state index contributed by atoms with van der Waals surface area (Å²) in [6.45, 7) is 0. The Morgan fingerprint density at radius 1 is 1.78 bits per heavy atom. The van der Waals surface area contributed by atoms with Gasteiger partial charge in [0.1, 0.15) is 0 Å². The minimum absolute atomic E-state index is 1.23. The van der Waals surface area contributed by atoms with Crippen LogP contribution in [0.4, 0.5) is 0 Å². The van der Waals surface area contributed by atoms with Crippen LogP contribution in [-0.2, 0) is 13.9 Å². The van der Waals surface area contributed by atoms with Crippen LogP contribution >= 0.6 is 7.37 Å². The van der Waals surface area contributed by atoms with Crippen LogP contribution in [0.25, 0.3) is 0 Å². The van der Waals surface area contributed by atoms with Gasteiger partial charge in [0, 0.05) is 0 Å². The zero-order valence-corrected chi connectivity index (χ0v) is 5.04. The Morgan fingerprint density at radius 3 is 2.22 bits per heavy atom. The van der Waals surface area contributed by atoms with E-state index in [1.807, 2.05) is 0 Å². The van der Waals surface area contributed by atoms with Crippen molar-refractivity contribution in [2.24, 2.45) is 0 Å². The number of carbonyl (C=O) groups is 1. The van der Waals surface area contributed by atoms with Gasteiger partial charge in [-0.05, 0) is 0 Å². The molecule has 0 spiro atoms. The van der Waals surface area contributed by atoms with Crippen molar-refractivity contribution in [3.8, 4) is 0 Å². The second kappa shape index (κ2) is 0.963. The highest BCUT2D eigenvalue weighted by molar-refractivity contribution is 7.77. The van der Waals surface area contributed by atoms with Crippen molar-refractivity contribution in [3.05, 3.63) is 0 Å².